The molecule has 0 amide bonds. The fourth-order valence-corrected chi connectivity index (χ4v) is 8.59. The molecular weight excluding hydrogens is 475 g/mol. The van der Waals surface area contributed by atoms with Crippen LogP contribution in [0.2, 0.25) is 0 Å². The molecule has 3 rings (SSSR count). The van der Waals surface area contributed by atoms with Crippen LogP contribution < -0.4 is 14.6 Å². The summed E-state index contributed by atoms with van der Waals surface area (Å²) in [6.45, 7) is 15.8. The van der Waals surface area contributed by atoms with Crippen molar-refractivity contribution in [1.29, 1.82) is 0 Å². The van der Waals surface area contributed by atoms with Gasteiger partial charge in [0.1, 0.15) is 0 Å². The molecule has 0 saturated heterocycles. The van der Waals surface area contributed by atoms with Gasteiger partial charge in [-0.3, -0.25) is 0 Å². The number of halogens is 1. The summed E-state index contributed by atoms with van der Waals surface area (Å²) < 4.78 is 19.2. The molecule has 1 atom stereocenters. The molecule has 0 fully saturated rings. The molecule has 0 N–H and O–H groups in total. The number of hydrogen-bond acceptors (Lipinski definition) is 3. The van der Waals surface area contributed by atoms with Crippen LogP contribution in [-0.4, -0.2) is 24.5 Å². The van der Waals surface area contributed by atoms with Crippen LogP contribution in [0.1, 0.15) is 59.6 Å². The van der Waals surface area contributed by atoms with E-state index >= 15 is 0 Å². The van der Waals surface area contributed by atoms with Crippen molar-refractivity contribution in [2.24, 2.45) is 0 Å². The van der Waals surface area contributed by atoms with Crippen molar-refractivity contribution in [2.75, 3.05) is 6.61 Å². The molecule has 1 heterocycles. The van der Waals surface area contributed by atoms with Gasteiger partial charge in [0.2, 0.25) is 0 Å². The summed E-state index contributed by atoms with van der Waals surface area (Å²) in [5.74, 6) is 2.41. The monoisotopic (exact) mass is 506 g/mol. The van der Waals surface area contributed by atoms with Crippen molar-refractivity contribution in [3.63, 3.8) is 0 Å². The zero-order chi connectivity index (χ0) is 20.0. The Bertz CT molecular complexity index is 834. The molecule has 0 saturated carbocycles. The van der Waals surface area contributed by atoms with Crippen LogP contribution in [0.4, 0.5) is 0 Å². The van der Waals surface area contributed by atoms with Gasteiger partial charge in [-0.2, -0.15) is 0 Å². The standard InChI is InChI=1S/C22H29ClO3Te/c1-8-24-16-9-11-17(12-10-16)27(23)25-19-14-15(21(2,3)4)13-18(20(19)26-27)22(5,6)7/h9-14H,8H2,1-7H3. The average Bonchev–Trinajstić information content (AvgIpc) is 2.90. The zero-order valence-corrected chi connectivity index (χ0v) is 20.3. The third kappa shape index (κ3) is 4.19. The second-order valence-electron chi connectivity index (χ2n) is 8.86. The van der Waals surface area contributed by atoms with Crippen molar-refractivity contribution >= 4 is 30.5 Å². The topological polar surface area (TPSA) is 27.7 Å². The summed E-state index contributed by atoms with van der Waals surface area (Å²) in [6.07, 6.45) is 0. The van der Waals surface area contributed by atoms with Gasteiger partial charge in [-0.15, -0.1) is 0 Å². The van der Waals surface area contributed by atoms with E-state index in [2.05, 4.69) is 53.7 Å². The van der Waals surface area contributed by atoms with Crippen LogP contribution in [0.15, 0.2) is 36.4 Å². The van der Waals surface area contributed by atoms with Crippen molar-refractivity contribution < 1.29 is 10.9 Å². The second-order valence-corrected chi connectivity index (χ2v) is 16.4. The molecule has 2 aromatic rings. The Balaban J connectivity index is 2.04. The zero-order valence-electron chi connectivity index (χ0n) is 17.2. The van der Waals surface area contributed by atoms with E-state index < -0.39 is 17.9 Å². The first-order chi connectivity index (χ1) is 12.4. The summed E-state index contributed by atoms with van der Waals surface area (Å²) in [4.78, 5) is 0. The molecule has 1 unspecified atom stereocenters. The van der Waals surface area contributed by atoms with E-state index in [4.69, 9.17) is 19.9 Å². The van der Waals surface area contributed by atoms with Gasteiger partial charge in [-0.25, -0.2) is 0 Å². The Hall–Kier alpha value is -1.08. The van der Waals surface area contributed by atoms with Crippen LogP contribution in [-0.2, 0) is 10.8 Å². The molecule has 2 aromatic carbocycles. The van der Waals surface area contributed by atoms with Crippen LogP contribution >= 0.6 is 8.96 Å². The maximum atomic E-state index is 6.98. The number of ether oxygens (including phenoxy) is 1. The first-order valence-corrected chi connectivity index (χ1v) is 15.3. The van der Waals surface area contributed by atoms with E-state index in [1.807, 2.05) is 31.2 Å². The van der Waals surface area contributed by atoms with Crippen LogP contribution in [0.5, 0.6) is 17.2 Å². The summed E-state index contributed by atoms with van der Waals surface area (Å²) in [5.41, 5.74) is 2.32. The van der Waals surface area contributed by atoms with E-state index in [1.54, 1.807) is 0 Å². The van der Waals surface area contributed by atoms with E-state index in [-0.39, 0.29) is 10.8 Å². The number of fused-ring (bicyclic) bond motifs is 1. The summed E-state index contributed by atoms with van der Waals surface area (Å²) in [5, 5.41) is 0. The third-order valence-electron chi connectivity index (χ3n) is 4.53. The Morgan fingerprint density at radius 2 is 1.56 bits per heavy atom. The minimum absolute atomic E-state index is 0.0162. The van der Waals surface area contributed by atoms with Crippen molar-refractivity contribution in [3.05, 3.63) is 47.5 Å². The van der Waals surface area contributed by atoms with Gasteiger partial charge in [0, 0.05) is 0 Å². The summed E-state index contributed by atoms with van der Waals surface area (Å²) >= 11 is -3.72. The van der Waals surface area contributed by atoms with Crippen molar-refractivity contribution in [2.45, 2.75) is 59.3 Å². The van der Waals surface area contributed by atoms with Crippen molar-refractivity contribution in [1.82, 2.24) is 0 Å². The molecule has 148 valence electrons. The first kappa shape index (κ1) is 20.6. The average molecular weight is 505 g/mol. The number of rotatable bonds is 3. The number of hydrogen-bond donors (Lipinski definition) is 0. The van der Waals surface area contributed by atoms with E-state index in [1.165, 1.54) is 5.56 Å². The molecule has 0 radical (unpaired) electrons. The molecule has 1 aliphatic rings. The van der Waals surface area contributed by atoms with E-state index in [9.17, 15) is 0 Å². The van der Waals surface area contributed by atoms with Gasteiger partial charge in [0.15, 0.2) is 0 Å². The fourth-order valence-electron chi connectivity index (χ4n) is 2.94. The van der Waals surface area contributed by atoms with Crippen LogP contribution in [0.25, 0.3) is 0 Å². The first-order valence-electron chi connectivity index (χ1n) is 9.28. The second kappa shape index (κ2) is 7.07. The molecular formula is C22H29ClO3Te. The van der Waals surface area contributed by atoms with E-state index in [0.29, 0.717) is 6.61 Å². The molecule has 5 heteroatoms. The van der Waals surface area contributed by atoms with Gasteiger partial charge in [0.05, 0.1) is 0 Å². The molecule has 1 aliphatic heterocycles. The SMILES string of the molecule is CCOc1ccc([Te]2(Cl)Oc3cc(C(C)(C)C)cc(C(C)(C)C)c3O2)cc1. The quantitative estimate of drug-likeness (QED) is 0.514. The minimum atomic E-state index is -3.72. The summed E-state index contributed by atoms with van der Waals surface area (Å²) in [6, 6.07) is 12.1. The van der Waals surface area contributed by atoms with Gasteiger partial charge >= 0.3 is 172 Å². The van der Waals surface area contributed by atoms with Gasteiger partial charge in [-0.1, -0.05) is 0 Å². The Kier molecular flexibility index (Phi) is 5.40. The third-order valence-corrected chi connectivity index (χ3v) is 11.2. The van der Waals surface area contributed by atoms with Crippen molar-refractivity contribution in [3.8, 4) is 17.2 Å². The number of benzene rings is 2. The van der Waals surface area contributed by atoms with Crippen LogP contribution in [0, 0.1) is 0 Å². The molecule has 0 bridgehead atoms. The van der Waals surface area contributed by atoms with Gasteiger partial charge in [-0.05, 0) is 0 Å². The Labute approximate surface area is 171 Å². The predicted molar refractivity (Wildman–Crippen MR) is 114 cm³/mol. The normalized spacial score (nSPS) is 21.6. The Morgan fingerprint density at radius 1 is 0.926 bits per heavy atom. The Morgan fingerprint density at radius 3 is 2.07 bits per heavy atom. The molecule has 3 nitrogen and oxygen atoms in total. The van der Waals surface area contributed by atoms with Gasteiger partial charge < -0.3 is 0 Å². The molecule has 0 aromatic heterocycles. The predicted octanol–water partition coefficient (Wildman–Crippen LogP) is 5.54. The van der Waals surface area contributed by atoms with Crippen LogP contribution in [0.3, 0.4) is 0 Å². The molecule has 27 heavy (non-hydrogen) atoms. The maximum absolute atomic E-state index is 6.98. The van der Waals surface area contributed by atoms with E-state index in [0.717, 1.165) is 26.4 Å². The van der Waals surface area contributed by atoms with Gasteiger partial charge in [0.25, 0.3) is 0 Å². The summed E-state index contributed by atoms with van der Waals surface area (Å²) in [7, 11) is 6.98. The fraction of sp³-hybridized carbons (Fsp3) is 0.455. The molecule has 0 spiro atoms. The molecule has 0 aliphatic carbocycles.